The van der Waals surface area contributed by atoms with Crippen LogP contribution in [0.5, 0.6) is 0 Å². The van der Waals surface area contributed by atoms with Crippen LogP contribution in [0.15, 0.2) is 42.5 Å². The maximum absolute atomic E-state index is 13.3. The Labute approximate surface area is 175 Å². The molecular formula is C25H34N2O2. The summed E-state index contributed by atoms with van der Waals surface area (Å²) >= 11 is 0. The molecule has 29 heavy (non-hydrogen) atoms. The molecule has 0 aromatic heterocycles. The molecule has 0 aliphatic heterocycles. The smallest absolute Gasteiger partial charge is 0.243 e. The van der Waals surface area contributed by atoms with Gasteiger partial charge in [-0.2, -0.15) is 0 Å². The van der Waals surface area contributed by atoms with E-state index in [-0.39, 0.29) is 17.9 Å². The van der Waals surface area contributed by atoms with Crippen molar-refractivity contribution in [2.45, 2.75) is 73.0 Å². The molecule has 0 aliphatic carbocycles. The van der Waals surface area contributed by atoms with Gasteiger partial charge in [0.05, 0.1) is 6.42 Å². The van der Waals surface area contributed by atoms with Gasteiger partial charge < -0.3 is 10.2 Å². The van der Waals surface area contributed by atoms with Crippen LogP contribution in [-0.2, 0) is 22.6 Å². The zero-order chi connectivity index (χ0) is 21.6. The molecule has 0 heterocycles. The summed E-state index contributed by atoms with van der Waals surface area (Å²) in [6, 6.07) is 13.8. The molecule has 2 rings (SSSR count). The third kappa shape index (κ3) is 6.45. The second-order valence-corrected chi connectivity index (χ2v) is 8.19. The third-order valence-corrected chi connectivity index (χ3v) is 5.22. The van der Waals surface area contributed by atoms with Crippen molar-refractivity contribution in [3.8, 4) is 0 Å². The van der Waals surface area contributed by atoms with E-state index in [0.29, 0.717) is 19.4 Å². The Hall–Kier alpha value is -2.62. The van der Waals surface area contributed by atoms with Gasteiger partial charge in [-0.25, -0.2) is 0 Å². The average molecular weight is 395 g/mol. The van der Waals surface area contributed by atoms with E-state index >= 15 is 0 Å². The maximum Gasteiger partial charge on any atom is 0.243 e. The monoisotopic (exact) mass is 394 g/mol. The lowest BCUT2D eigenvalue weighted by molar-refractivity contribution is -0.141. The Balaban J connectivity index is 2.30. The standard InChI is InChI=1S/C25H34N2O2/c1-7-23(25(29)26-17(2)3)27(16-21-11-8-18(4)9-12-21)24(28)15-22-13-10-19(5)20(6)14-22/h8-14,17,23H,7,15-16H2,1-6H3,(H,26,29)/t23-/m0/s1. The fraction of sp³-hybridized carbons (Fsp3) is 0.440. The second kappa shape index (κ2) is 10.2. The molecule has 0 saturated carbocycles. The number of nitrogens with zero attached hydrogens (tertiary/aromatic N) is 1. The van der Waals surface area contributed by atoms with Gasteiger partial charge in [0, 0.05) is 12.6 Å². The molecule has 1 N–H and O–H groups in total. The number of hydrogen-bond donors (Lipinski definition) is 1. The minimum Gasteiger partial charge on any atom is -0.352 e. The number of carbonyl (C=O) groups is 2. The highest BCUT2D eigenvalue weighted by atomic mass is 16.2. The summed E-state index contributed by atoms with van der Waals surface area (Å²) in [6.45, 7) is 12.4. The van der Waals surface area contributed by atoms with E-state index in [2.05, 4.69) is 25.2 Å². The lowest BCUT2D eigenvalue weighted by atomic mass is 10.0. The predicted octanol–water partition coefficient (Wildman–Crippen LogP) is 4.49. The molecule has 1 atom stereocenters. The van der Waals surface area contributed by atoms with Gasteiger partial charge in [0.2, 0.25) is 11.8 Å². The minimum absolute atomic E-state index is 0.0282. The first-order valence-corrected chi connectivity index (χ1v) is 10.4. The molecule has 0 fully saturated rings. The Morgan fingerprint density at radius 1 is 0.931 bits per heavy atom. The van der Waals surface area contributed by atoms with Gasteiger partial charge in [-0.3, -0.25) is 9.59 Å². The lowest BCUT2D eigenvalue weighted by Gasteiger charge is -2.31. The van der Waals surface area contributed by atoms with Crippen LogP contribution >= 0.6 is 0 Å². The summed E-state index contributed by atoms with van der Waals surface area (Å²) in [5.41, 5.74) is 5.56. The topological polar surface area (TPSA) is 49.4 Å². The van der Waals surface area contributed by atoms with E-state index in [4.69, 9.17) is 0 Å². The summed E-state index contributed by atoms with van der Waals surface area (Å²) in [6.07, 6.45) is 0.863. The average Bonchev–Trinajstić information content (AvgIpc) is 2.65. The Morgan fingerprint density at radius 3 is 2.10 bits per heavy atom. The van der Waals surface area contributed by atoms with E-state index < -0.39 is 6.04 Å². The number of carbonyl (C=O) groups excluding carboxylic acids is 2. The molecule has 4 nitrogen and oxygen atoms in total. The maximum atomic E-state index is 13.3. The van der Waals surface area contributed by atoms with Gasteiger partial charge in [0.1, 0.15) is 6.04 Å². The first kappa shape index (κ1) is 22.7. The van der Waals surface area contributed by atoms with Crippen LogP contribution in [0.1, 0.15) is 55.0 Å². The molecule has 156 valence electrons. The van der Waals surface area contributed by atoms with Gasteiger partial charge in [-0.05, 0) is 63.3 Å². The van der Waals surface area contributed by atoms with Crippen LogP contribution in [0, 0.1) is 20.8 Å². The normalized spacial score (nSPS) is 12.0. The van der Waals surface area contributed by atoms with Gasteiger partial charge in [-0.1, -0.05) is 55.0 Å². The van der Waals surface area contributed by atoms with Crippen LogP contribution in [0.2, 0.25) is 0 Å². The quantitative estimate of drug-likeness (QED) is 0.717. The van der Waals surface area contributed by atoms with Gasteiger partial charge in [0.25, 0.3) is 0 Å². The van der Waals surface area contributed by atoms with Gasteiger partial charge in [0.15, 0.2) is 0 Å². The van der Waals surface area contributed by atoms with Gasteiger partial charge in [-0.15, -0.1) is 0 Å². The zero-order valence-electron chi connectivity index (χ0n) is 18.6. The molecule has 4 heteroatoms. The highest BCUT2D eigenvalue weighted by Crippen LogP contribution is 2.17. The summed E-state index contributed by atoms with van der Waals surface area (Å²) in [4.78, 5) is 27.9. The Morgan fingerprint density at radius 2 is 1.55 bits per heavy atom. The molecule has 2 aromatic rings. The Kier molecular flexibility index (Phi) is 8.00. The van der Waals surface area contributed by atoms with E-state index in [0.717, 1.165) is 11.1 Å². The first-order chi connectivity index (χ1) is 13.7. The largest absolute Gasteiger partial charge is 0.352 e. The molecule has 0 radical (unpaired) electrons. The summed E-state index contributed by atoms with van der Waals surface area (Å²) in [5.74, 6) is -0.123. The number of amides is 2. The van der Waals surface area contributed by atoms with Crippen molar-refractivity contribution in [1.29, 1.82) is 0 Å². The molecule has 2 amide bonds. The summed E-state index contributed by atoms with van der Waals surface area (Å²) in [5, 5.41) is 2.97. The molecule has 2 aromatic carbocycles. The van der Waals surface area contributed by atoms with Crippen molar-refractivity contribution in [2.24, 2.45) is 0 Å². The molecule has 0 unspecified atom stereocenters. The van der Waals surface area contributed by atoms with Crippen molar-refractivity contribution in [3.63, 3.8) is 0 Å². The fourth-order valence-corrected chi connectivity index (χ4v) is 3.38. The van der Waals surface area contributed by atoms with Crippen molar-refractivity contribution >= 4 is 11.8 Å². The van der Waals surface area contributed by atoms with Crippen molar-refractivity contribution in [1.82, 2.24) is 10.2 Å². The number of nitrogens with one attached hydrogen (secondary N) is 1. The number of rotatable bonds is 8. The van der Waals surface area contributed by atoms with Crippen LogP contribution in [0.4, 0.5) is 0 Å². The fourth-order valence-electron chi connectivity index (χ4n) is 3.38. The first-order valence-electron chi connectivity index (χ1n) is 10.4. The number of hydrogen-bond acceptors (Lipinski definition) is 2. The van der Waals surface area contributed by atoms with Crippen LogP contribution in [-0.4, -0.2) is 28.8 Å². The number of benzene rings is 2. The van der Waals surface area contributed by atoms with E-state index in [1.165, 1.54) is 16.7 Å². The molecule has 0 aliphatic rings. The van der Waals surface area contributed by atoms with Crippen LogP contribution < -0.4 is 5.32 Å². The van der Waals surface area contributed by atoms with Gasteiger partial charge >= 0.3 is 0 Å². The number of aryl methyl sites for hydroxylation is 3. The lowest BCUT2D eigenvalue weighted by Crippen LogP contribution is -2.50. The molecule has 0 saturated heterocycles. The molecule has 0 spiro atoms. The molecule has 0 bridgehead atoms. The van der Waals surface area contributed by atoms with E-state index in [1.54, 1.807) is 4.90 Å². The summed E-state index contributed by atoms with van der Waals surface area (Å²) in [7, 11) is 0. The van der Waals surface area contributed by atoms with Crippen molar-refractivity contribution in [2.75, 3.05) is 0 Å². The van der Waals surface area contributed by atoms with Crippen LogP contribution in [0.3, 0.4) is 0 Å². The highest BCUT2D eigenvalue weighted by Gasteiger charge is 2.29. The summed E-state index contributed by atoms with van der Waals surface area (Å²) < 4.78 is 0. The van der Waals surface area contributed by atoms with E-state index in [9.17, 15) is 9.59 Å². The van der Waals surface area contributed by atoms with Crippen LogP contribution in [0.25, 0.3) is 0 Å². The van der Waals surface area contributed by atoms with E-state index in [1.807, 2.05) is 64.1 Å². The SMILES string of the molecule is CC[C@@H](C(=O)NC(C)C)N(Cc1ccc(C)cc1)C(=O)Cc1ccc(C)c(C)c1. The molecular weight excluding hydrogens is 360 g/mol. The van der Waals surface area contributed by atoms with Crippen molar-refractivity contribution in [3.05, 3.63) is 70.3 Å². The second-order valence-electron chi connectivity index (χ2n) is 8.19. The van der Waals surface area contributed by atoms with Crippen molar-refractivity contribution < 1.29 is 9.59 Å². The Bertz CT molecular complexity index is 840. The zero-order valence-corrected chi connectivity index (χ0v) is 18.6. The highest BCUT2D eigenvalue weighted by molar-refractivity contribution is 5.88. The minimum atomic E-state index is -0.488. The predicted molar refractivity (Wildman–Crippen MR) is 119 cm³/mol. The third-order valence-electron chi connectivity index (χ3n) is 5.22.